The van der Waals surface area contributed by atoms with Crippen LogP contribution in [0.15, 0.2) is 62.7 Å². The molecule has 2 aliphatic heterocycles. The third-order valence-corrected chi connectivity index (χ3v) is 7.71. The maximum atomic E-state index is 13.2. The lowest BCUT2D eigenvalue weighted by Crippen LogP contribution is -2.41. The summed E-state index contributed by atoms with van der Waals surface area (Å²) < 4.78 is 35.1. The number of amides is 1. The zero-order valence-corrected chi connectivity index (χ0v) is 17.9. The fourth-order valence-electron chi connectivity index (χ4n) is 4.25. The molecule has 31 heavy (non-hydrogen) atoms. The van der Waals surface area contributed by atoms with Gasteiger partial charge in [0.05, 0.1) is 24.3 Å². The Labute approximate surface area is 180 Å². The minimum absolute atomic E-state index is 0.0777. The Balaban J connectivity index is 1.40. The SMILES string of the molecule is CN(CC(=O)N1N=C(c2cc3ccccc3o2)C[C@@H]1c1ccco1)[C@@H]1CCS(=O)(=O)C1. The molecule has 0 bridgehead atoms. The fourth-order valence-corrected chi connectivity index (χ4v) is 6.06. The molecule has 1 amide bonds. The van der Waals surface area contributed by atoms with Crippen LogP contribution in [0.4, 0.5) is 0 Å². The van der Waals surface area contributed by atoms with E-state index in [1.165, 1.54) is 5.01 Å². The highest BCUT2D eigenvalue weighted by Crippen LogP contribution is 2.34. The van der Waals surface area contributed by atoms with Gasteiger partial charge in [0.25, 0.3) is 5.91 Å². The Morgan fingerprint density at radius 3 is 2.81 bits per heavy atom. The van der Waals surface area contributed by atoms with Crippen molar-refractivity contribution in [1.82, 2.24) is 9.91 Å². The van der Waals surface area contributed by atoms with Crippen molar-refractivity contribution in [2.24, 2.45) is 5.10 Å². The fraction of sp³-hybridized carbons (Fsp3) is 0.364. The largest absolute Gasteiger partial charge is 0.467 e. The van der Waals surface area contributed by atoms with Crippen LogP contribution < -0.4 is 0 Å². The highest BCUT2D eigenvalue weighted by atomic mass is 32.2. The van der Waals surface area contributed by atoms with Crippen LogP contribution in [0.2, 0.25) is 0 Å². The maximum absolute atomic E-state index is 13.2. The molecule has 1 aromatic carbocycles. The number of hydrogen-bond acceptors (Lipinski definition) is 7. The van der Waals surface area contributed by atoms with Crippen molar-refractivity contribution < 1.29 is 22.0 Å². The van der Waals surface area contributed by atoms with Crippen molar-refractivity contribution in [2.75, 3.05) is 25.1 Å². The van der Waals surface area contributed by atoms with Crippen molar-refractivity contribution in [3.05, 3.63) is 60.2 Å². The quantitative estimate of drug-likeness (QED) is 0.604. The topological polar surface area (TPSA) is 96.3 Å². The molecule has 0 unspecified atom stereocenters. The number of para-hydroxylation sites is 1. The van der Waals surface area contributed by atoms with Gasteiger partial charge in [-0.1, -0.05) is 18.2 Å². The van der Waals surface area contributed by atoms with Gasteiger partial charge in [-0.3, -0.25) is 9.69 Å². The smallest absolute Gasteiger partial charge is 0.257 e. The first-order valence-corrected chi connectivity index (χ1v) is 12.0. The summed E-state index contributed by atoms with van der Waals surface area (Å²) in [6, 6.07) is 12.7. The van der Waals surface area contributed by atoms with E-state index in [1.54, 1.807) is 24.3 Å². The molecule has 0 aliphatic carbocycles. The van der Waals surface area contributed by atoms with Crippen molar-refractivity contribution in [2.45, 2.75) is 24.9 Å². The first-order valence-electron chi connectivity index (χ1n) is 10.2. The van der Waals surface area contributed by atoms with E-state index < -0.39 is 9.84 Å². The molecule has 1 fully saturated rings. The highest BCUT2D eigenvalue weighted by molar-refractivity contribution is 7.91. The molecule has 162 valence electrons. The molecule has 3 aromatic rings. The number of rotatable bonds is 5. The second-order valence-corrected chi connectivity index (χ2v) is 10.4. The normalized spacial score (nSPS) is 23.0. The number of fused-ring (bicyclic) bond motifs is 1. The molecule has 0 radical (unpaired) electrons. The van der Waals surface area contributed by atoms with Crippen molar-refractivity contribution >= 4 is 32.4 Å². The van der Waals surface area contributed by atoms with Crippen molar-refractivity contribution in [3.63, 3.8) is 0 Å². The summed E-state index contributed by atoms with van der Waals surface area (Å²) in [5, 5.41) is 7.02. The summed E-state index contributed by atoms with van der Waals surface area (Å²) in [6.45, 7) is 0.0777. The Kier molecular flexibility index (Phi) is 4.94. The summed E-state index contributed by atoms with van der Waals surface area (Å²) in [5.74, 6) is 1.33. The van der Waals surface area contributed by atoms with E-state index in [4.69, 9.17) is 8.83 Å². The molecular formula is C22H23N3O5S. The first-order chi connectivity index (χ1) is 14.9. The molecule has 2 atom stereocenters. The molecule has 1 saturated heterocycles. The lowest BCUT2D eigenvalue weighted by atomic mass is 10.1. The third kappa shape index (κ3) is 3.90. The molecule has 4 heterocycles. The Hall–Kier alpha value is -2.91. The van der Waals surface area contributed by atoms with Gasteiger partial charge in [0.1, 0.15) is 23.1 Å². The summed E-state index contributed by atoms with van der Waals surface area (Å²) in [5.41, 5.74) is 1.44. The van der Waals surface area contributed by atoms with Gasteiger partial charge in [0, 0.05) is 17.8 Å². The first kappa shape index (κ1) is 20.0. The lowest BCUT2D eigenvalue weighted by Gasteiger charge is -2.26. The van der Waals surface area contributed by atoms with Gasteiger partial charge in [0.15, 0.2) is 15.6 Å². The predicted octanol–water partition coefficient (Wildman–Crippen LogP) is 2.82. The van der Waals surface area contributed by atoms with Crippen LogP contribution in [-0.4, -0.2) is 61.1 Å². The van der Waals surface area contributed by atoms with Gasteiger partial charge < -0.3 is 8.83 Å². The minimum Gasteiger partial charge on any atom is -0.467 e. The second-order valence-electron chi connectivity index (χ2n) is 8.14. The molecule has 0 spiro atoms. The van der Waals surface area contributed by atoms with Gasteiger partial charge in [-0.25, -0.2) is 13.4 Å². The zero-order chi connectivity index (χ0) is 21.6. The van der Waals surface area contributed by atoms with Crippen LogP contribution in [0.5, 0.6) is 0 Å². The Bertz CT molecular complexity index is 1210. The third-order valence-electron chi connectivity index (χ3n) is 5.96. The van der Waals surface area contributed by atoms with Crippen LogP contribution in [-0.2, 0) is 14.6 Å². The molecule has 2 aliphatic rings. The summed E-state index contributed by atoms with van der Waals surface area (Å²) in [4.78, 5) is 15.0. The van der Waals surface area contributed by atoms with E-state index in [0.717, 1.165) is 11.0 Å². The van der Waals surface area contributed by atoms with E-state index >= 15 is 0 Å². The number of hydrogen-bond donors (Lipinski definition) is 0. The van der Waals surface area contributed by atoms with E-state index in [-0.39, 0.29) is 36.0 Å². The van der Waals surface area contributed by atoms with E-state index in [0.29, 0.717) is 30.1 Å². The van der Waals surface area contributed by atoms with Gasteiger partial charge in [-0.15, -0.1) is 0 Å². The number of benzene rings is 1. The van der Waals surface area contributed by atoms with Crippen LogP contribution in [0.3, 0.4) is 0 Å². The average molecular weight is 442 g/mol. The number of furan rings is 2. The van der Waals surface area contributed by atoms with Gasteiger partial charge in [-0.2, -0.15) is 5.10 Å². The predicted molar refractivity (Wildman–Crippen MR) is 115 cm³/mol. The van der Waals surface area contributed by atoms with E-state index in [1.807, 2.05) is 36.4 Å². The molecule has 2 aromatic heterocycles. The van der Waals surface area contributed by atoms with Crippen LogP contribution in [0.1, 0.15) is 30.4 Å². The van der Waals surface area contributed by atoms with Gasteiger partial charge in [-0.05, 0) is 37.7 Å². The van der Waals surface area contributed by atoms with E-state index in [9.17, 15) is 13.2 Å². The molecule has 0 N–H and O–H groups in total. The highest BCUT2D eigenvalue weighted by Gasteiger charge is 2.38. The van der Waals surface area contributed by atoms with E-state index in [2.05, 4.69) is 5.10 Å². The average Bonchev–Trinajstić information content (AvgIpc) is 3.51. The molecule has 8 nitrogen and oxygen atoms in total. The van der Waals surface area contributed by atoms with Gasteiger partial charge >= 0.3 is 0 Å². The number of hydrazone groups is 1. The van der Waals surface area contributed by atoms with Crippen LogP contribution in [0, 0.1) is 0 Å². The molecule has 5 rings (SSSR count). The summed E-state index contributed by atoms with van der Waals surface area (Å²) in [6.07, 6.45) is 2.59. The Morgan fingerprint density at radius 2 is 2.10 bits per heavy atom. The number of carbonyl (C=O) groups excluding carboxylic acids is 1. The second kappa shape index (κ2) is 7.65. The Morgan fingerprint density at radius 1 is 1.26 bits per heavy atom. The number of carbonyl (C=O) groups is 1. The standard InChI is InChI=1S/C22H23N3O5S/c1-24(16-8-10-31(27,28)14-16)13-22(26)25-18(20-7-4-9-29-20)12-17(23-25)21-11-15-5-2-3-6-19(15)30-21/h2-7,9,11,16,18H,8,10,12-14H2,1H3/t16-,18-/m1/s1. The molecular weight excluding hydrogens is 418 g/mol. The maximum Gasteiger partial charge on any atom is 0.257 e. The monoisotopic (exact) mass is 441 g/mol. The molecule has 9 heteroatoms. The number of sulfone groups is 1. The lowest BCUT2D eigenvalue weighted by molar-refractivity contribution is -0.134. The summed E-state index contributed by atoms with van der Waals surface area (Å²) in [7, 11) is -1.24. The zero-order valence-electron chi connectivity index (χ0n) is 17.1. The van der Waals surface area contributed by atoms with Crippen LogP contribution in [0.25, 0.3) is 11.0 Å². The summed E-state index contributed by atoms with van der Waals surface area (Å²) >= 11 is 0. The molecule has 0 saturated carbocycles. The van der Waals surface area contributed by atoms with Crippen molar-refractivity contribution in [3.8, 4) is 0 Å². The number of nitrogens with zero attached hydrogens (tertiary/aromatic N) is 3. The van der Waals surface area contributed by atoms with Gasteiger partial charge in [0.2, 0.25) is 0 Å². The van der Waals surface area contributed by atoms with Crippen molar-refractivity contribution in [1.29, 1.82) is 0 Å². The number of likely N-dealkylation sites (N-methyl/N-ethyl adjacent to an activating group) is 1. The van der Waals surface area contributed by atoms with Crippen LogP contribution >= 0.6 is 0 Å². The minimum atomic E-state index is -3.02.